The van der Waals surface area contributed by atoms with E-state index in [-0.39, 0.29) is 12.0 Å². The maximum atomic E-state index is 11.9. The quantitative estimate of drug-likeness (QED) is 0.716. The first-order valence-electron chi connectivity index (χ1n) is 5.60. The average Bonchev–Trinajstić information content (AvgIpc) is 2.47. The standard InChI is InChI=1S/C12H20ClNO2/c1-9(13)8-14-7-5-6-10(14)11(15)16-12(2,3)4/h10H,1,5-8H2,2-4H3/t10-/m0/s1. The monoisotopic (exact) mass is 245 g/mol. The summed E-state index contributed by atoms with van der Waals surface area (Å²) in [7, 11) is 0. The van der Waals surface area contributed by atoms with Crippen LogP contribution < -0.4 is 0 Å². The van der Waals surface area contributed by atoms with E-state index >= 15 is 0 Å². The van der Waals surface area contributed by atoms with Crippen LogP contribution in [0, 0.1) is 0 Å². The summed E-state index contributed by atoms with van der Waals surface area (Å²) in [4.78, 5) is 13.9. The molecule has 0 N–H and O–H groups in total. The number of halogens is 1. The Hall–Kier alpha value is -0.540. The van der Waals surface area contributed by atoms with E-state index in [9.17, 15) is 4.79 Å². The predicted octanol–water partition coefficient (Wildman–Crippen LogP) is 2.55. The number of esters is 1. The lowest BCUT2D eigenvalue weighted by Crippen LogP contribution is -2.40. The second-order valence-electron chi connectivity index (χ2n) is 5.18. The summed E-state index contributed by atoms with van der Waals surface area (Å²) in [5.74, 6) is -0.150. The molecule has 1 fully saturated rings. The minimum Gasteiger partial charge on any atom is -0.459 e. The van der Waals surface area contributed by atoms with Crippen molar-refractivity contribution in [3.63, 3.8) is 0 Å². The number of ether oxygens (including phenoxy) is 1. The summed E-state index contributed by atoms with van der Waals surface area (Å²) >= 11 is 5.77. The van der Waals surface area contributed by atoms with E-state index in [1.807, 2.05) is 25.7 Å². The largest absolute Gasteiger partial charge is 0.459 e. The number of hydrogen-bond acceptors (Lipinski definition) is 3. The Morgan fingerprint density at radius 3 is 2.69 bits per heavy atom. The number of likely N-dealkylation sites (tertiary alicyclic amines) is 1. The lowest BCUT2D eigenvalue weighted by molar-refractivity contribution is -0.160. The minimum absolute atomic E-state index is 0.150. The molecule has 1 rings (SSSR count). The minimum atomic E-state index is -0.427. The molecule has 0 aliphatic carbocycles. The molecule has 3 nitrogen and oxygen atoms in total. The van der Waals surface area contributed by atoms with E-state index in [1.54, 1.807) is 0 Å². The molecule has 1 aliphatic rings. The van der Waals surface area contributed by atoms with Gasteiger partial charge in [-0.25, -0.2) is 0 Å². The lowest BCUT2D eigenvalue weighted by Gasteiger charge is -2.27. The molecule has 1 saturated heterocycles. The fourth-order valence-corrected chi connectivity index (χ4v) is 2.03. The number of hydrogen-bond donors (Lipinski definition) is 0. The molecule has 0 saturated carbocycles. The van der Waals surface area contributed by atoms with Crippen molar-refractivity contribution < 1.29 is 9.53 Å². The Kier molecular flexibility index (Phi) is 4.39. The molecule has 0 spiro atoms. The molecule has 0 aromatic carbocycles. The van der Waals surface area contributed by atoms with Crippen LogP contribution in [0.3, 0.4) is 0 Å². The van der Waals surface area contributed by atoms with Crippen LogP contribution in [0.15, 0.2) is 11.6 Å². The maximum absolute atomic E-state index is 11.9. The molecule has 0 bridgehead atoms. The van der Waals surface area contributed by atoms with Gasteiger partial charge >= 0.3 is 5.97 Å². The highest BCUT2D eigenvalue weighted by atomic mass is 35.5. The zero-order chi connectivity index (χ0) is 12.3. The molecule has 0 unspecified atom stereocenters. The third-order valence-electron chi connectivity index (χ3n) is 2.42. The zero-order valence-corrected chi connectivity index (χ0v) is 11.0. The van der Waals surface area contributed by atoms with Crippen molar-refractivity contribution in [2.45, 2.75) is 45.3 Å². The lowest BCUT2D eigenvalue weighted by atomic mass is 10.1. The van der Waals surface area contributed by atoms with Gasteiger partial charge in [0.05, 0.1) is 0 Å². The molecule has 0 aromatic rings. The van der Waals surface area contributed by atoms with Crippen molar-refractivity contribution in [2.75, 3.05) is 13.1 Å². The van der Waals surface area contributed by atoms with Crippen LogP contribution >= 0.6 is 11.6 Å². The number of rotatable bonds is 3. The molecule has 0 amide bonds. The normalized spacial score (nSPS) is 22.1. The smallest absolute Gasteiger partial charge is 0.323 e. The van der Waals surface area contributed by atoms with E-state index < -0.39 is 5.60 Å². The van der Waals surface area contributed by atoms with Crippen LogP contribution in [-0.2, 0) is 9.53 Å². The molecule has 0 radical (unpaired) electrons. The Bertz CT molecular complexity index is 283. The van der Waals surface area contributed by atoms with E-state index in [0.29, 0.717) is 11.6 Å². The molecule has 1 heterocycles. The van der Waals surface area contributed by atoms with Gasteiger partial charge < -0.3 is 4.74 Å². The second-order valence-corrected chi connectivity index (χ2v) is 5.71. The summed E-state index contributed by atoms with van der Waals surface area (Å²) in [5, 5.41) is 0.565. The van der Waals surface area contributed by atoms with Crippen molar-refractivity contribution in [3.05, 3.63) is 11.6 Å². The van der Waals surface area contributed by atoms with Crippen LogP contribution in [0.2, 0.25) is 0 Å². The van der Waals surface area contributed by atoms with E-state index in [0.717, 1.165) is 19.4 Å². The van der Waals surface area contributed by atoms with E-state index in [4.69, 9.17) is 16.3 Å². The van der Waals surface area contributed by atoms with Gasteiger partial charge in [-0.1, -0.05) is 18.2 Å². The van der Waals surface area contributed by atoms with Crippen LogP contribution in [0.1, 0.15) is 33.6 Å². The maximum Gasteiger partial charge on any atom is 0.323 e. The Morgan fingerprint density at radius 2 is 2.19 bits per heavy atom. The summed E-state index contributed by atoms with van der Waals surface area (Å²) in [5.41, 5.74) is -0.427. The van der Waals surface area contributed by atoms with Crippen LogP contribution in [0.25, 0.3) is 0 Å². The molecule has 1 atom stereocenters. The van der Waals surface area contributed by atoms with E-state index in [1.165, 1.54) is 0 Å². The van der Waals surface area contributed by atoms with Crippen LogP contribution in [-0.4, -0.2) is 35.6 Å². The van der Waals surface area contributed by atoms with Gasteiger partial charge in [0.2, 0.25) is 0 Å². The molecule has 4 heteroatoms. The third-order valence-corrected chi connectivity index (χ3v) is 2.54. The van der Waals surface area contributed by atoms with Gasteiger partial charge in [0.1, 0.15) is 11.6 Å². The van der Waals surface area contributed by atoms with Gasteiger partial charge in [-0.15, -0.1) is 0 Å². The first kappa shape index (κ1) is 13.5. The number of nitrogens with zero attached hydrogens (tertiary/aromatic N) is 1. The first-order valence-corrected chi connectivity index (χ1v) is 5.97. The molecule has 0 aromatic heterocycles. The predicted molar refractivity (Wildman–Crippen MR) is 65.4 cm³/mol. The van der Waals surface area contributed by atoms with Gasteiger partial charge in [0, 0.05) is 11.6 Å². The van der Waals surface area contributed by atoms with Gasteiger partial charge in [-0.3, -0.25) is 9.69 Å². The fourth-order valence-electron chi connectivity index (χ4n) is 1.87. The fraction of sp³-hybridized carbons (Fsp3) is 0.750. The average molecular weight is 246 g/mol. The second kappa shape index (κ2) is 5.19. The molecule has 16 heavy (non-hydrogen) atoms. The summed E-state index contributed by atoms with van der Waals surface area (Å²) in [6, 6.07) is -0.158. The van der Waals surface area contributed by atoms with Crippen molar-refractivity contribution in [2.24, 2.45) is 0 Å². The highest BCUT2D eigenvalue weighted by Gasteiger charge is 2.33. The highest BCUT2D eigenvalue weighted by Crippen LogP contribution is 2.22. The summed E-state index contributed by atoms with van der Waals surface area (Å²) in [6.45, 7) is 10.7. The zero-order valence-electron chi connectivity index (χ0n) is 10.3. The molecular weight excluding hydrogens is 226 g/mol. The molecule has 1 aliphatic heterocycles. The van der Waals surface area contributed by atoms with Crippen LogP contribution in [0.4, 0.5) is 0 Å². The summed E-state index contributed by atoms with van der Waals surface area (Å²) in [6.07, 6.45) is 1.85. The van der Waals surface area contributed by atoms with Gasteiger partial charge in [0.25, 0.3) is 0 Å². The Labute approximate surface area is 102 Å². The SMILES string of the molecule is C=C(Cl)CN1CCC[C@H]1C(=O)OC(C)(C)C. The Balaban J connectivity index is 2.57. The first-order chi connectivity index (χ1) is 7.29. The Morgan fingerprint density at radius 1 is 1.56 bits per heavy atom. The topological polar surface area (TPSA) is 29.5 Å². The van der Waals surface area contributed by atoms with Crippen molar-refractivity contribution in [1.29, 1.82) is 0 Å². The number of carbonyl (C=O) groups excluding carboxylic acids is 1. The third kappa shape index (κ3) is 4.14. The van der Waals surface area contributed by atoms with Crippen LogP contribution in [0.5, 0.6) is 0 Å². The number of carbonyl (C=O) groups is 1. The van der Waals surface area contributed by atoms with Gasteiger partial charge in [0.15, 0.2) is 0 Å². The van der Waals surface area contributed by atoms with Crippen molar-refractivity contribution in [3.8, 4) is 0 Å². The summed E-state index contributed by atoms with van der Waals surface area (Å²) < 4.78 is 5.38. The van der Waals surface area contributed by atoms with Crippen molar-refractivity contribution >= 4 is 17.6 Å². The van der Waals surface area contributed by atoms with Crippen molar-refractivity contribution in [1.82, 2.24) is 4.90 Å². The van der Waals surface area contributed by atoms with Gasteiger partial charge in [-0.05, 0) is 40.2 Å². The highest BCUT2D eigenvalue weighted by molar-refractivity contribution is 6.29. The van der Waals surface area contributed by atoms with Gasteiger partial charge in [-0.2, -0.15) is 0 Å². The molecule has 92 valence electrons. The van der Waals surface area contributed by atoms with E-state index in [2.05, 4.69) is 6.58 Å². The molecular formula is C12H20ClNO2.